The molecule has 0 radical (unpaired) electrons. The SMILES string of the molecule is CCC(CC(C)(C)C(Cl)CC(Cl)(Cl)Cl)C(=O)O. The second kappa shape index (κ2) is 6.70. The van der Waals surface area contributed by atoms with Gasteiger partial charge in [0, 0.05) is 11.8 Å². The minimum Gasteiger partial charge on any atom is -0.481 e. The summed E-state index contributed by atoms with van der Waals surface area (Å²) in [6.07, 6.45) is 1.23. The van der Waals surface area contributed by atoms with Gasteiger partial charge in [-0.1, -0.05) is 55.6 Å². The van der Waals surface area contributed by atoms with Crippen LogP contribution in [0.2, 0.25) is 0 Å². The van der Waals surface area contributed by atoms with Crippen molar-refractivity contribution in [1.82, 2.24) is 0 Å². The molecule has 0 aromatic rings. The van der Waals surface area contributed by atoms with Crippen molar-refractivity contribution in [2.45, 2.75) is 49.2 Å². The Morgan fingerprint density at radius 3 is 2.00 bits per heavy atom. The summed E-state index contributed by atoms with van der Waals surface area (Å²) in [5.74, 6) is -1.22. The van der Waals surface area contributed by atoms with E-state index in [0.717, 1.165) is 0 Å². The van der Waals surface area contributed by atoms with Crippen molar-refractivity contribution in [3.05, 3.63) is 0 Å². The molecular weight excluding hydrogens is 306 g/mol. The molecule has 0 aromatic carbocycles. The monoisotopic (exact) mass is 322 g/mol. The maximum Gasteiger partial charge on any atom is 0.306 e. The zero-order valence-electron chi connectivity index (χ0n) is 10.1. The molecule has 17 heavy (non-hydrogen) atoms. The van der Waals surface area contributed by atoms with Crippen LogP contribution in [-0.2, 0) is 4.79 Å². The molecule has 0 bridgehead atoms. The van der Waals surface area contributed by atoms with Crippen LogP contribution in [0.1, 0.15) is 40.0 Å². The Hall–Kier alpha value is 0.630. The number of rotatable bonds is 6. The molecule has 0 fully saturated rings. The Morgan fingerprint density at radius 2 is 1.71 bits per heavy atom. The molecular formula is C11H18Cl4O2. The lowest BCUT2D eigenvalue weighted by Crippen LogP contribution is -2.32. The summed E-state index contributed by atoms with van der Waals surface area (Å²) in [4.78, 5) is 11.0. The van der Waals surface area contributed by atoms with Crippen LogP contribution >= 0.6 is 46.4 Å². The van der Waals surface area contributed by atoms with Crippen LogP contribution in [0.15, 0.2) is 0 Å². The lowest BCUT2D eigenvalue weighted by molar-refractivity contribution is -0.143. The standard InChI is InChI=1S/C11H18Cl4O2/c1-4-7(9(16)17)5-10(2,3)8(12)6-11(13,14)15/h7-8H,4-6H2,1-3H3,(H,16,17). The fourth-order valence-corrected chi connectivity index (χ4v) is 2.67. The lowest BCUT2D eigenvalue weighted by Gasteiger charge is -2.33. The van der Waals surface area contributed by atoms with E-state index >= 15 is 0 Å². The predicted octanol–water partition coefficient (Wildman–Crippen LogP) is 4.88. The number of alkyl halides is 4. The molecule has 6 heteroatoms. The first-order valence-electron chi connectivity index (χ1n) is 5.43. The zero-order valence-corrected chi connectivity index (χ0v) is 13.2. The van der Waals surface area contributed by atoms with Crippen molar-refractivity contribution in [2.24, 2.45) is 11.3 Å². The van der Waals surface area contributed by atoms with E-state index in [1.54, 1.807) is 0 Å². The number of hydrogen-bond donors (Lipinski definition) is 1. The maximum absolute atomic E-state index is 11.0. The first-order valence-corrected chi connectivity index (χ1v) is 7.00. The number of carboxylic acids is 1. The van der Waals surface area contributed by atoms with Gasteiger partial charge in [-0.15, -0.1) is 11.6 Å². The first kappa shape index (κ1) is 17.6. The highest BCUT2D eigenvalue weighted by molar-refractivity contribution is 6.67. The van der Waals surface area contributed by atoms with Crippen molar-refractivity contribution in [3.8, 4) is 0 Å². The second-order valence-electron chi connectivity index (χ2n) is 4.92. The van der Waals surface area contributed by atoms with Crippen LogP contribution in [0.4, 0.5) is 0 Å². The molecule has 0 spiro atoms. The largest absolute Gasteiger partial charge is 0.481 e. The predicted molar refractivity (Wildman–Crippen MR) is 74.4 cm³/mol. The van der Waals surface area contributed by atoms with Gasteiger partial charge in [0.05, 0.1) is 5.92 Å². The lowest BCUT2D eigenvalue weighted by atomic mass is 9.78. The fraction of sp³-hybridized carbons (Fsp3) is 0.909. The summed E-state index contributed by atoms with van der Waals surface area (Å²) in [7, 11) is 0. The Morgan fingerprint density at radius 1 is 1.24 bits per heavy atom. The van der Waals surface area contributed by atoms with E-state index in [2.05, 4.69) is 0 Å². The normalized spacial score (nSPS) is 16.6. The number of halogens is 4. The van der Waals surface area contributed by atoms with Gasteiger partial charge >= 0.3 is 5.97 Å². The quantitative estimate of drug-likeness (QED) is 0.707. The van der Waals surface area contributed by atoms with Gasteiger partial charge in [-0.3, -0.25) is 4.79 Å². The Balaban J connectivity index is 4.60. The summed E-state index contributed by atoms with van der Waals surface area (Å²) < 4.78 is -1.41. The van der Waals surface area contributed by atoms with Crippen molar-refractivity contribution >= 4 is 52.4 Å². The maximum atomic E-state index is 11.0. The molecule has 2 atom stereocenters. The highest BCUT2D eigenvalue weighted by atomic mass is 35.6. The molecule has 0 aromatic heterocycles. The van der Waals surface area contributed by atoms with Gasteiger partial charge in [0.1, 0.15) is 0 Å². The molecule has 0 amide bonds. The van der Waals surface area contributed by atoms with Gasteiger partial charge in [-0.25, -0.2) is 0 Å². The highest BCUT2D eigenvalue weighted by Crippen LogP contribution is 2.42. The van der Waals surface area contributed by atoms with E-state index in [0.29, 0.717) is 12.8 Å². The van der Waals surface area contributed by atoms with Crippen molar-refractivity contribution in [1.29, 1.82) is 0 Å². The van der Waals surface area contributed by atoms with Crippen molar-refractivity contribution in [3.63, 3.8) is 0 Å². The number of carbonyl (C=O) groups is 1. The molecule has 0 saturated carbocycles. The van der Waals surface area contributed by atoms with Crippen LogP contribution in [0.3, 0.4) is 0 Å². The van der Waals surface area contributed by atoms with Gasteiger partial charge in [-0.2, -0.15) is 0 Å². The summed E-state index contributed by atoms with van der Waals surface area (Å²) in [6.45, 7) is 5.63. The summed E-state index contributed by atoms with van der Waals surface area (Å²) in [5, 5.41) is 8.64. The van der Waals surface area contributed by atoms with E-state index in [9.17, 15) is 4.79 Å². The fourth-order valence-electron chi connectivity index (χ4n) is 1.65. The Bertz CT molecular complexity index is 261. The third-order valence-electron chi connectivity index (χ3n) is 2.87. The van der Waals surface area contributed by atoms with Crippen molar-refractivity contribution in [2.75, 3.05) is 0 Å². The topological polar surface area (TPSA) is 37.3 Å². The average Bonchev–Trinajstić information content (AvgIpc) is 2.10. The van der Waals surface area contributed by atoms with Crippen LogP contribution in [-0.4, -0.2) is 20.2 Å². The molecule has 0 heterocycles. The smallest absolute Gasteiger partial charge is 0.306 e. The average molecular weight is 324 g/mol. The van der Waals surface area contributed by atoms with E-state index in [1.165, 1.54) is 0 Å². The molecule has 0 aliphatic rings. The minimum absolute atomic E-state index is 0.197. The van der Waals surface area contributed by atoms with Crippen LogP contribution < -0.4 is 0 Å². The van der Waals surface area contributed by atoms with Crippen LogP contribution in [0, 0.1) is 11.3 Å². The summed E-state index contributed by atoms with van der Waals surface area (Å²) in [6, 6.07) is 0. The molecule has 2 unspecified atom stereocenters. The number of hydrogen-bond acceptors (Lipinski definition) is 1. The summed E-state index contributed by atoms with van der Waals surface area (Å²) >= 11 is 23.3. The minimum atomic E-state index is -1.41. The van der Waals surface area contributed by atoms with E-state index in [4.69, 9.17) is 51.5 Å². The molecule has 0 saturated heterocycles. The van der Waals surface area contributed by atoms with Crippen LogP contribution in [0.25, 0.3) is 0 Å². The Labute approximate surface area is 123 Å². The molecule has 2 nitrogen and oxygen atoms in total. The van der Waals surface area contributed by atoms with Crippen LogP contribution in [0.5, 0.6) is 0 Å². The molecule has 0 rings (SSSR count). The molecule has 0 aliphatic carbocycles. The third kappa shape index (κ3) is 6.95. The van der Waals surface area contributed by atoms with Gasteiger partial charge in [0.2, 0.25) is 0 Å². The second-order valence-corrected chi connectivity index (χ2v) is 7.97. The molecule has 102 valence electrons. The van der Waals surface area contributed by atoms with Gasteiger partial charge in [0.15, 0.2) is 3.79 Å². The van der Waals surface area contributed by atoms with E-state index in [-0.39, 0.29) is 11.8 Å². The third-order valence-corrected chi connectivity index (χ3v) is 4.08. The van der Waals surface area contributed by atoms with E-state index in [1.807, 2.05) is 20.8 Å². The summed E-state index contributed by atoms with van der Waals surface area (Å²) in [5.41, 5.74) is -0.398. The number of carboxylic acid groups (broad SMARTS) is 1. The highest BCUT2D eigenvalue weighted by Gasteiger charge is 2.37. The zero-order chi connectivity index (χ0) is 13.9. The van der Waals surface area contributed by atoms with Crippen molar-refractivity contribution < 1.29 is 9.90 Å². The van der Waals surface area contributed by atoms with E-state index < -0.39 is 21.1 Å². The number of aliphatic carboxylic acids is 1. The van der Waals surface area contributed by atoms with Gasteiger partial charge in [-0.05, 0) is 18.3 Å². The van der Waals surface area contributed by atoms with Gasteiger partial charge < -0.3 is 5.11 Å². The molecule has 1 N–H and O–H groups in total. The Kier molecular flexibility index (Phi) is 6.95. The van der Waals surface area contributed by atoms with Gasteiger partial charge in [0.25, 0.3) is 0 Å². The molecule has 0 aliphatic heterocycles. The first-order chi connectivity index (χ1) is 7.49.